The smallest absolute Gasteiger partial charge is 0.261 e. The summed E-state index contributed by atoms with van der Waals surface area (Å²) in [6.45, 7) is 3.87. The van der Waals surface area contributed by atoms with Gasteiger partial charge in [-0.25, -0.2) is 4.39 Å². The molecule has 3 heterocycles. The highest BCUT2D eigenvalue weighted by Crippen LogP contribution is 2.53. The van der Waals surface area contributed by atoms with E-state index in [0.717, 1.165) is 51.3 Å². The zero-order chi connectivity index (χ0) is 21.0. The number of halogens is 2. The van der Waals surface area contributed by atoms with Gasteiger partial charge >= 0.3 is 0 Å². The molecule has 1 saturated carbocycles. The third kappa shape index (κ3) is 3.27. The van der Waals surface area contributed by atoms with Gasteiger partial charge in [0.15, 0.2) is 0 Å². The molecule has 1 aromatic heterocycles. The molecule has 30 heavy (non-hydrogen) atoms. The molecule has 1 unspecified atom stereocenters. The van der Waals surface area contributed by atoms with Crippen LogP contribution in [-0.4, -0.2) is 52.9 Å². The number of ether oxygens (including phenoxy) is 1. The van der Waals surface area contributed by atoms with Gasteiger partial charge in [0.1, 0.15) is 17.2 Å². The molecule has 2 saturated heterocycles. The summed E-state index contributed by atoms with van der Waals surface area (Å²) in [5, 5.41) is 7.34. The lowest BCUT2D eigenvalue weighted by atomic mass is 9.76. The molecule has 1 aromatic carbocycles. The number of carbonyl (C=O) groups is 1. The van der Waals surface area contributed by atoms with E-state index in [1.54, 1.807) is 11.7 Å². The summed E-state index contributed by atoms with van der Waals surface area (Å²) < 4.78 is 20.3. The summed E-state index contributed by atoms with van der Waals surface area (Å²) in [6.07, 6.45) is 3.14. The first-order valence-electron chi connectivity index (χ1n) is 10.3. The van der Waals surface area contributed by atoms with Crippen LogP contribution in [0.4, 0.5) is 15.9 Å². The van der Waals surface area contributed by atoms with Gasteiger partial charge in [-0.15, -0.1) is 0 Å². The van der Waals surface area contributed by atoms with Crippen LogP contribution in [-0.2, 0) is 11.8 Å². The highest BCUT2D eigenvalue weighted by atomic mass is 35.5. The first-order valence-corrected chi connectivity index (χ1v) is 10.6. The standard InChI is InChI=1S/C21H25ClFN5O2/c1-27-19(24)17(20(29)25-13-2-3-16(23)15(22)6-13)18(26-27)12-4-5-21(7-12)10-28(11-21)14-8-30-9-14/h2-3,6,12,14H,4-5,7-11,24H2,1H3,(H,25,29). The number of hydrogen-bond acceptors (Lipinski definition) is 5. The number of rotatable bonds is 4. The molecule has 1 atom stereocenters. The van der Waals surface area contributed by atoms with Crippen LogP contribution in [0.2, 0.25) is 5.02 Å². The Balaban J connectivity index is 1.33. The molecule has 3 aliphatic rings. The van der Waals surface area contributed by atoms with Crippen molar-refractivity contribution in [3.05, 3.63) is 40.3 Å². The van der Waals surface area contributed by atoms with Gasteiger partial charge in [0.2, 0.25) is 0 Å². The molecule has 160 valence electrons. The number of benzene rings is 1. The van der Waals surface area contributed by atoms with E-state index in [2.05, 4.69) is 15.3 Å². The summed E-state index contributed by atoms with van der Waals surface area (Å²) in [6, 6.07) is 4.66. The van der Waals surface area contributed by atoms with Crippen LogP contribution >= 0.6 is 11.6 Å². The van der Waals surface area contributed by atoms with Crippen LogP contribution in [0.3, 0.4) is 0 Å². The predicted octanol–water partition coefficient (Wildman–Crippen LogP) is 3.02. The van der Waals surface area contributed by atoms with Crippen molar-refractivity contribution in [1.82, 2.24) is 14.7 Å². The average molecular weight is 434 g/mol. The fourth-order valence-electron chi connectivity index (χ4n) is 5.08. The minimum atomic E-state index is -0.532. The zero-order valence-electron chi connectivity index (χ0n) is 16.8. The summed E-state index contributed by atoms with van der Waals surface area (Å²) >= 11 is 5.84. The van der Waals surface area contributed by atoms with Gasteiger partial charge < -0.3 is 15.8 Å². The number of nitrogens with zero attached hydrogens (tertiary/aromatic N) is 3. The second-order valence-electron chi connectivity index (χ2n) is 8.89. The number of nitrogen functional groups attached to an aromatic ring is 1. The van der Waals surface area contributed by atoms with Crippen LogP contribution in [0.5, 0.6) is 0 Å². The number of aromatic nitrogens is 2. The van der Waals surface area contributed by atoms with E-state index in [0.29, 0.717) is 28.5 Å². The molecule has 1 aliphatic carbocycles. The number of hydrogen-bond donors (Lipinski definition) is 2. The molecule has 1 spiro atoms. The van der Waals surface area contributed by atoms with Crippen molar-refractivity contribution in [2.75, 3.05) is 37.4 Å². The quantitative estimate of drug-likeness (QED) is 0.774. The predicted molar refractivity (Wildman–Crippen MR) is 112 cm³/mol. The first-order chi connectivity index (χ1) is 14.3. The van der Waals surface area contributed by atoms with Crippen molar-refractivity contribution < 1.29 is 13.9 Å². The molecule has 1 amide bonds. The van der Waals surface area contributed by atoms with Crippen molar-refractivity contribution in [3.63, 3.8) is 0 Å². The van der Waals surface area contributed by atoms with E-state index in [1.807, 2.05) is 0 Å². The molecule has 7 nitrogen and oxygen atoms in total. The first kappa shape index (κ1) is 19.8. The highest BCUT2D eigenvalue weighted by Gasteiger charge is 2.51. The molecule has 3 fully saturated rings. The topological polar surface area (TPSA) is 85.4 Å². The van der Waals surface area contributed by atoms with Gasteiger partial charge in [-0.2, -0.15) is 5.10 Å². The van der Waals surface area contributed by atoms with E-state index in [4.69, 9.17) is 22.1 Å². The average Bonchev–Trinajstić information content (AvgIpc) is 3.19. The molecule has 2 aromatic rings. The fraction of sp³-hybridized carbons (Fsp3) is 0.524. The Morgan fingerprint density at radius 1 is 1.40 bits per heavy atom. The van der Waals surface area contributed by atoms with Crippen LogP contribution in [0, 0.1) is 11.2 Å². The minimum Gasteiger partial charge on any atom is -0.383 e. The minimum absolute atomic E-state index is 0.0451. The maximum atomic E-state index is 13.4. The lowest BCUT2D eigenvalue weighted by molar-refractivity contribution is -0.129. The van der Waals surface area contributed by atoms with E-state index >= 15 is 0 Å². The normalized spacial score (nSPS) is 23.4. The Labute approximate surface area is 179 Å². The number of aryl methyl sites for hydroxylation is 1. The molecule has 0 bridgehead atoms. The van der Waals surface area contributed by atoms with E-state index < -0.39 is 5.82 Å². The lowest BCUT2D eigenvalue weighted by Crippen LogP contribution is -2.63. The van der Waals surface area contributed by atoms with E-state index in [-0.39, 0.29) is 16.8 Å². The van der Waals surface area contributed by atoms with Gasteiger partial charge in [0.05, 0.1) is 30.0 Å². The Kier molecular flexibility index (Phi) is 4.76. The van der Waals surface area contributed by atoms with Crippen molar-refractivity contribution in [2.45, 2.75) is 31.2 Å². The van der Waals surface area contributed by atoms with Gasteiger partial charge in [0, 0.05) is 31.7 Å². The zero-order valence-corrected chi connectivity index (χ0v) is 17.6. The fourth-order valence-corrected chi connectivity index (χ4v) is 5.26. The van der Waals surface area contributed by atoms with Crippen molar-refractivity contribution >= 4 is 29.0 Å². The van der Waals surface area contributed by atoms with E-state index in [9.17, 15) is 9.18 Å². The molecule has 3 N–H and O–H groups in total. The molecule has 0 radical (unpaired) electrons. The Bertz CT molecular complexity index is 1000. The summed E-state index contributed by atoms with van der Waals surface area (Å²) in [4.78, 5) is 15.6. The molecule has 2 aliphatic heterocycles. The molecular weight excluding hydrogens is 409 g/mol. The monoisotopic (exact) mass is 433 g/mol. The number of carbonyl (C=O) groups excluding carboxylic acids is 1. The van der Waals surface area contributed by atoms with Crippen molar-refractivity contribution in [3.8, 4) is 0 Å². The van der Waals surface area contributed by atoms with Crippen molar-refractivity contribution in [2.24, 2.45) is 12.5 Å². The Morgan fingerprint density at radius 3 is 2.83 bits per heavy atom. The number of nitrogens with one attached hydrogen (secondary N) is 1. The molecule has 9 heteroatoms. The second-order valence-corrected chi connectivity index (χ2v) is 9.30. The molecular formula is C21H25ClFN5O2. The lowest BCUT2D eigenvalue weighted by Gasteiger charge is -2.54. The van der Waals surface area contributed by atoms with Gasteiger partial charge in [-0.05, 0) is 42.9 Å². The van der Waals surface area contributed by atoms with Crippen molar-refractivity contribution in [1.29, 1.82) is 0 Å². The second kappa shape index (κ2) is 7.21. The van der Waals surface area contributed by atoms with Gasteiger partial charge in [0.25, 0.3) is 5.91 Å². The number of likely N-dealkylation sites (tertiary alicyclic amines) is 1. The van der Waals surface area contributed by atoms with Crippen LogP contribution < -0.4 is 11.1 Å². The van der Waals surface area contributed by atoms with Crippen LogP contribution in [0.25, 0.3) is 0 Å². The van der Waals surface area contributed by atoms with Crippen LogP contribution in [0.15, 0.2) is 18.2 Å². The maximum Gasteiger partial charge on any atom is 0.261 e. The summed E-state index contributed by atoms with van der Waals surface area (Å²) in [5.74, 6) is -0.346. The third-order valence-corrected chi connectivity index (χ3v) is 7.12. The van der Waals surface area contributed by atoms with Gasteiger partial charge in [-0.3, -0.25) is 14.4 Å². The summed E-state index contributed by atoms with van der Waals surface area (Å²) in [7, 11) is 1.75. The Morgan fingerprint density at radius 2 is 2.17 bits per heavy atom. The van der Waals surface area contributed by atoms with Crippen LogP contribution in [0.1, 0.15) is 41.2 Å². The van der Waals surface area contributed by atoms with E-state index in [1.165, 1.54) is 18.2 Å². The number of amides is 1. The number of anilines is 2. The number of nitrogens with two attached hydrogens (primary N) is 1. The van der Waals surface area contributed by atoms with Gasteiger partial charge in [-0.1, -0.05) is 11.6 Å². The third-order valence-electron chi connectivity index (χ3n) is 6.83. The highest BCUT2D eigenvalue weighted by molar-refractivity contribution is 6.31. The molecule has 5 rings (SSSR count). The SMILES string of the molecule is Cn1nc(C2CCC3(C2)CN(C2COC2)C3)c(C(=O)Nc2ccc(F)c(Cl)c2)c1N. The summed E-state index contributed by atoms with van der Waals surface area (Å²) in [5.41, 5.74) is 8.10. The largest absolute Gasteiger partial charge is 0.383 e. The maximum absolute atomic E-state index is 13.4. The Hall–Kier alpha value is -2.16.